The van der Waals surface area contributed by atoms with Crippen LogP contribution in [0.25, 0.3) is 10.2 Å². The summed E-state index contributed by atoms with van der Waals surface area (Å²) in [6.45, 7) is 5.64. The van der Waals surface area contributed by atoms with E-state index in [4.69, 9.17) is 4.74 Å². The van der Waals surface area contributed by atoms with Gasteiger partial charge in [-0.1, -0.05) is 34.2 Å². The Balaban J connectivity index is 1.44. The molecule has 8 nitrogen and oxygen atoms in total. The zero-order chi connectivity index (χ0) is 28.3. The molecule has 0 bridgehead atoms. The SMILES string of the molecule is CCOc1ccc(/C=N/N(C(=O)c2ccc(S(=O)(=O)N3CCC(C)CC3)cc2)c2nc3ccc(Br)cc3s2)cc1. The third kappa shape index (κ3) is 6.27. The standard InChI is InChI=1S/C29H29BrN4O4S2/c1-3-38-24-9-4-21(5-10-24)19-31-34(29-32-26-13-8-23(30)18-27(26)39-29)28(35)22-6-11-25(12-7-22)40(36,37)33-16-14-20(2)15-17-33/h4-13,18-20H,3,14-17H2,1-2H3/b31-19+. The molecule has 1 aliphatic heterocycles. The third-order valence-corrected chi connectivity index (χ3v) is 10.1. The van der Waals surface area contributed by atoms with Gasteiger partial charge in [0, 0.05) is 23.1 Å². The fourth-order valence-corrected chi connectivity index (χ4v) is 7.32. The largest absolute Gasteiger partial charge is 0.494 e. The molecule has 0 unspecified atom stereocenters. The third-order valence-electron chi connectivity index (χ3n) is 6.71. The second kappa shape index (κ2) is 12.2. The summed E-state index contributed by atoms with van der Waals surface area (Å²) in [5, 5.41) is 6.17. The van der Waals surface area contributed by atoms with E-state index in [1.54, 1.807) is 6.21 Å². The molecule has 2 heterocycles. The summed E-state index contributed by atoms with van der Waals surface area (Å²) in [6, 6.07) is 19.1. The van der Waals surface area contributed by atoms with Crippen LogP contribution in [0.5, 0.6) is 5.75 Å². The van der Waals surface area contributed by atoms with Gasteiger partial charge in [-0.05, 0) is 98.0 Å². The zero-order valence-electron chi connectivity index (χ0n) is 22.2. The average molecular weight is 642 g/mol. The molecule has 1 saturated heterocycles. The summed E-state index contributed by atoms with van der Waals surface area (Å²) in [6.07, 6.45) is 3.28. The van der Waals surface area contributed by atoms with E-state index in [1.165, 1.54) is 44.9 Å². The van der Waals surface area contributed by atoms with Gasteiger partial charge in [-0.15, -0.1) is 0 Å². The number of nitrogens with zero attached hydrogens (tertiary/aromatic N) is 4. The second-order valence-corrected chi connectivity index (χ2v) is 13.4. The molecule has 0 saturated carbocycles. The van der Waals surface area contributed by atoms with E-state index >= 15 is 0 Å². The normalized spacial score (nSPS) is 15.1. The molecule has 0 aliphatic carbocycles. The number of carbonyl (C=O) groups excluding carboxylic acids is 1. The second-order valence-electron chi connectivity index (χ2n) is 9.58. The van der Waals surface area contributed by atoms with Crippen LogP contribution in [0.4, 0.5) is 5.13 Å². The van der Waals surface area contributed by atoms with Gasteiger partial charge in [-0.25, -0.2) is 13.4 Å². The molecule has 5 rings (SSSR count). The van der Waals surface area contributed by atoms with Gasteiger partial charge < -0.3 is 4.74 Å². The lowest BCUT2D eigenvalue weighted by Gasteiger charge is -2.29. The minimum Gasteiger partial charge on any atom is -0.494 e. The first-order valence-electron chi connectivity index (χ1n) is 13.0. The molecule has 0 radical (unpaired) electrons. The van der Waals surface area contributed by atoms with E-state index in [1.807, 2.05) is 49.4 Å². The number of aromatic nitrogens is 1. The highest BCUT2D eigenvalue weighted by Gasteiger charge is 2.29. The van der Waals surface area contributed by atoms with Crippen molar-refractivity contribution in [2.24, 2.45) is 11.0 Å². The van der Waals surface area contributed by atoms with Crippen LogP contribution < -0.4 is 9.75 Å². The highest BCUT2D eigenvalue weighted by molar-refractivity contribution is 9.10. The van der Waals surface area contributed by atoms with Crippen LogP contribution in [-0.4, -0.2) is 49.5 Å². The topological polar surface area (TPSA) is 92.2 Å². The summed E-state index contributed by atoms with van der Waals surface area (Å²) < 4.78 is 35.2. The fourth-order valence-electron chi connectivity index (χ4n) is 4.37. The first-order valence-corrected chi connectivity index (χ1v) is 16.1. The van der Waals surface area contributed by atoms with Crippen molar-refractivity contribution in [3.8, 4) is 5.75 Å². The Morgan fingerprint density at radius 1 is 1.12 bits per heavy atom. The number of anilines is 1. The Hall–Kier alpha value is -3.12. The van der Waals surface area contributed by atoms with Crippen molar-refractivity contribution in [3.05, 3.63) is 82.3 Å². The Morgan fingerprint density at radius 2 is 1.82 bits per heavy atom. The molecule has 4 aromatic rings. The molecule has 1 amide bonds. The lowest BCUT2D eigenvalue weighted by molar-refractivity contribution is 0.0987. The van der Waals surface area contributed by atoms with Crippen LogP contribution in [0.2, 0.25) is 0 Å². The summed E-state index contributed by atoms with van der Waals surface area (Å²) in [7, 11) is -3.62. The quantitative estimate of drug-likeness (QED) is 0.161. The van der Waals surface area contributed by atoms with Crippen molar-refractivity contribution in [1.29, 1.82) is 0 Å². The number of benzene rings is 3. The molecule has 0 N–H and O–H groups in total. The van der Waals surface area contributed by atoms with Crippen molar-refractivity contribution in [3.63, 3.8) is 0 Å². The maximum Gasteiger partial charge on any atom is 0.280 e. The number of sulfonamides is 1. The molecule has 40 heavy (non-hydrogen) atoms. The van der Waals surface area contributed by atoms with Crippen molar-refractivity contribution in [2.45, 2.75) is 31.6 Å². The first-order chi connectivity index (χ1) is 19.2. The Kier molecular flexibility index (Phi) is 8.65. The number of carbonyl (C=O) groups is 1. The smallest absolute Gasteiger partial charge is 0.280 e. The van der Waals surface area contributed by atoms with Gasteiger partial charge in [0.05, 0.1) is 27.9 Å². The van der Waals surface area contributed by atoms with E-state index < -0.39 is 15.9 Å². The van der Waals surface area contributed by atoms with Crippen LogP contribution in [0.15, 0.2) is 81.2 Å². The molecular formula is C29H29BrN4O4S2. The van der Waals surface area contributed by atoms with Crippen LogP contribution in [0.1, 0.15) is 42.6 Å². The Morgan fingerprint density at radius 3 is 2.50 bits per heavy atom. The van der Waals surface area contributed by atoms with Crippen molar-refractivity contribution in [2.75, 3.05) is 24.7 Å². The Bertz CT molecular complexity index is 1630. The summed E-state index contributed by atoms with van der Waals surface area (Å²) in [5.74, 6) is 0.846. The zero-order valence-corrected chi connectivity index (χ0v) is 25.4. The van der Waals surface area contributed by atoms with Crippen LogP contribution >= 0.6 is 27.3 Å². The Labute approximate surface area is 246 Å². The lowest BCUT2D eigenvalue weighted by Crippen LogP contribution is -2.37. The van der Waals surface area contributed by atoms with Crippen molar-refractivity contribution in [1.82, 2.24) is 9.29 Å². The molecule has 208 valence electrons. The number of ether oxygens (including phenoxy) is 1. The summed E-state index contributed by atoms with van der Waals surface area (Å²) in [4.78, 5) is 18.6. The van der Waals surface area contributed by atoms with Gasteiger partial charge in [0.25, 0.3) is 5.91 Å². The van der Waals surface area contributed by atoms with Gasteiger partial charge in [-0.3, -0.25) is 4.79 Å². The number of piperidine rings is 1. The van der Waals surface area contributed by atoms with E-state index in [2.05, 4.69) is 32.9 Å². The van der Waals surface area contributed by atoms with Crippen LogP contribution in [-0.2, 0) is 10.0 Å². The average Bonchev–Trinajstić information content (AvgIpc) is 3.37. The van der Waals surface area contributed by atoms with E-state index in [0.29, 0.717) is 36.3 Å². The number of thiazole rings is 1. The number of fused-ring (bicyclic) bond motifs is 1. The molecule has 3 aromatic carbocycles. The summed E-state index contributed by atoms with van der Waals surface area (Å²) >= 11 is 4.82. The molecule has 1 aromatic heterocycles. The number of hydrazone groups is 1. The van der Waals surface area contributed by atoms with E-state index in [9.17, 15) is 13.2 Å². The van der Waals surface area contributed by atoms with Gasteiger partial charge in [-0.2, -0.15) is 14.4 Å². The minimum atomic E-state index is -3.62. The predicted octanol–water partition coefficient (Wildman–Crippen LogP) is 6.56. The molecule has 0 spiro atoms. The maximum absolute atomic E-state index is 13.7. The maximum atomic E-state index is 13.7. The number of rotatable bonds is 8. The molecule has 1 fully saturated rings. The van der Waals surface area contributed by atoms with Gasteiger partial charge in [0.2, 0.25) is 15.2 Å². The predicted molar refractivity (Wildman–Crippen MR) is 163 cm³/mol. The van der Waals surface area contributed by atoms with Gasteiger partial charge >= 0.3 is 0 Å². The summed E-state index contributed by atoms with van der Waals surface area (Å²) in [5.41, 5.74) is 1.83. The number of amides is 1. The first kappa shape index (κ1) is 28.4. The van der Waals surface area contributed by atoms with E-state index in [-0.39, 0.29) is 4.90 Å². The van der Waals surface area contributed by atoms with Crippen LogP contribution in [0.3, 0.4) is 0 Å². The molecular weight excluding hydrogens is 612 g/mol. The lowest BCUT2D eigenvalue weighted by atomic mass is 10.0. The minimum absolute atomic E-state index is 0.174. The van der Waals surface area contributed by atoms with Crippen molar-refractivity contribution >= 4 is 64.8 Å². The molecule has 0 atom stereocenters. The monoisotopic (exact) mass is 640 g/mol. The molecule has 1 aliphatic rings. The number of halogens is 1. The van der Waals surface area contributed by atoms with Gasteiger partial charge in [0.15, 0.2) is 0 Å². The number of hydrogen-bond acceptors (Lipinski definition) is 7. The highest BCUT2D eigenvalue weighted by atomic mass is 79.9. The van der Waals surface area contributed by atoms with Crippen LogP contribution in [0, 0.1) is 5.92 Å². The van der Waals surface area contributed by atoms with Gasteiger partial charge in [0.1, 0.15) is 5.75 Å². The van der Waals surface area contributed by atoms with Crippen molar-refractivity contribution < 1.29 is 17.9 Å². The molecule has 11 heteroatoms. The fraction of sp³-hybridized carbons (Fsp3) is 0.276. The highest BCUT2D eigenvalue weighted by Crippen LogP contribution is 2.32. The number of hydrogen-bond donors (Lipinski definition) is 0. The van der Waals surface area contributed by atoms with E-state index in [0.717, 1.165) is 38.8 Å².